The summed E-state index contributed by atoms with van der Waals surface area (Å²) in [7, 11) is 0. The van der Waals surface area contributed by atoms with Gasteiger partial charge < -0.3 is 10.1 Å². The summed E-state index contributed by atoms with van der Waals surface area (Å²) in [6.07, 6.45) is 5.64. The summed E-state index contributed by atoms with van der Waals surface area (Å²) in [6.45, 7) is 0.863. The van der Waals surface area contributed by atoms with Crippen molar-refractivity contribution < 1.29 is 19.2 Å². The average Bonchev–Trinajstić information content (AvgIpc) is 2.75. The van der Waals surface area contributed by atoms with E-state index in [1.54, 1.807) is 6.07 Å². The van der Waals surface area contributed by atoms with Crippen LogP contribution in [-0.2, 0) is 27.3 Å². The molecule has 1 N–H and O–H groups in total. The van der Waals surface area contributed by atoms with Crippen LogP contribution in [0.2, 0.25) is 0 Å². The van der Waals surface area contributed by atoms with E-state index in [0.29, 0.717) is 13.1 Å². The van der Waals surface area contributed by atoms with Gasteiger partial charge in [0, 0.05) is 19.2 Å². The fourth-order valence-corrected chi connectivity index (χ4v) is 3.46. The van der Waals surface area contributed by atoms with Crippen molar-refractivity contribution in [1.29, 1.82) is 0 Å². The second-order valence-corrected chi connectivity index (χ2v) is 6.84. The van der Waals surface area contributed by atoms with E-state index in [-0.39, 0.29) is 24.4 Å². The Labute approximate surface area is 174 Å². The lowest BCUT2D eigenvalue weighted by Crippen LogP contribution is -2.47. The number of fused-ring (bicyclic) bond motifs is 1. The fourth-order valence-electron chi connectivity index (χ4n) is 3.46. The number of terminal acetylenes is 1. The Morgan fingerprint density at radius 1 is 1.20 bits per heavy atom. The van der Waals surface area contributed by atoms with Crippen molar-refractivity contribution in [2.24, 2.45) is 0 Å². The Kier molecular flexibility index (Phi) is 6.78. The first-order valence-electron chi connectivity index (χ1n) is 9.43. The molecule has 154 valence electrons. The van der Waals surface area contributed by atoms with Crippen LogP contribution in [0, 0.1) is 22.5 Å². The first kappa shape index (κ1) is 21.0. The van der Waals surface area contributed by atoms with Gasteiger partial charge >= 0.3 is 5.97 Å². The molecule has 8 nitrogen and oxygen atoms in total. The number of nitrogens with zero attached hydrogens (tertiary/aromatic N) is 2. The first-order chi connectivity index (χ1) is 14.5. The molecule has 0 aliphatic carbocycles. The van der Waals surface area contributed by atoms with Gasteiger partial charge in [0.15, 0.2) is 6.61 Å². The second kappa shape index (κ2) is 9.67. The Morgan fingerprint density at radius 2 is 1.90 bits per heavy atom. The van der Waals surface area contributed by atoms with E-state index in [2.05, 4.69) is 11.2 Å². The number of rotatable bonds is 7. The lowest BCUT2D eigenvalue weighted by Gasteiger charge is -2.34. The van der Waals surface area contributed by atoms with Crippen LogP contribution in [0.25, 0.3) is 0 Å². The molecule has 2 aromatic rings. The third-order valence-corrected chi connectivity index (χ3v) is 4.94. The Bertz CT molecular complexity index is 998. The van der Waals surface area contributed by atoms with Crippen LogP contribution in [0.4, 0.5) is 11.4 Å². The minimum absolute atomic E-state index is 0.0758. The maximum Gasteiger partial charge on any atom is 0.308 e. The van der Waals surface area contributed by atoms with E-state index in [4.69, 9.17) is 11.2 Å². The van der Waals surface area contributed by atoms with Crippen molar-refractivity contribution in [1.82, 2.24) is 4.90 Å². The van der Waals surface area contributed by atoms with Crippen LogP contribution in [0.1, 0.15) is 17.5 Å². The molecule has 0 radical (unpaired) electrons. The van der Waals surface area contributed by atoms with E-state index in [0.717, 1.165) is 12.0 Å². The number of nitro groups is 1. The molecule has 1 atom stereocenters. The maximum atomic E-state index is 13.1. The molecule has 1 aliphatic heterocycles. The molecule has 8 heteroatoms. The molecule has 2 aromatic carbocycles. The van der Waals surface area contributed by atoms with Gasteiger partial charge in [0.2, 0.25) is 5.91 Å². The van der Waals surface area contributed by atoms with E-state index in [9.17, 15) is 19.7 Å². The van der Waals surface area contributed by atoms with Crippen molar-refractivity contribution in [2.45, 2.75) is 25.4 Å². The summed E-state index contributed by atoms with van der Waals surface area (Å²) in [5.41, 5.74) is 2.13. The molecule has 1 heterocycles. The zero-order valence-electron chi connectivity index (χ0n) is 16.2. The molecule has 0 bridgehead atoms. The van der Waals surface area contributed by atoms with Gasteiger partial charge in [-0.2, -0.15) is 0 Å². The number of benzene rings is 2. The number of nitrogens with one attached hydrogen (secondary N) is 1. The molecule has 1 amide bonds. The largest absolute Gasteiger partial charge is 0.452 e. The first-order valence-corrected chi connectivity index (χ1v) is 9.43. The van der Waals surface area contributed by atoms with Crippen LogP contribution in [0.3, 0.4) is 0 Å². The van der Waals surface area contributed by atoms with Gasteiger partial charge in [0.05, 0.1) is 11.3 Å². The Balaban J connectivity index is 1.82. The van der Waals surface area contributed by atoms with Gasteiger partial charge in [-0.3, -0.25) is 24.6 Å². The smallest absolute Gasteiger partial charge is 0.308 e. The van der Waals surface area contributed by atoms with Crippen LogP contribution in [-0.4, -0.2) is 40.9 Å². The Morgan fingerprint density at radius 3 is 2.63 bits per heavy atom. The average molecular weight is 407 g/mol. The third kappa shape index (κ3) is 5.01. The van der Waals surface area contributed by atoms with Crippen molar-refractivity contribution in [3.05, 3.63) is 69.8 Å². The van der Waals surface area contributed by atoms with Gasteiger partial charge in [0.1, 0.15) is 11.7 Å². The maximum absolute atomic E-state index is 13.1. The van der Waals surface area contributed by atoms with Crippen LogP contribution < -0.4 is 5.32 Å². The van der Waals surface area contributed by atoms with Crippen LogP contribution in [0.15, 0.2) is 48.5 Å². The number of hydrogen-bond acceptors (Lipinski definition) is 6. The molecular formula is C22H21N3O5. The minimum Gasteiger partial charge on any atom is -0.452 e. The van der Waals surface area contributed by atoms with Crippen LogP contribution in [0.5, 0.6) is 0 Å². The number of carbonyl (C=O) groups excluding carboxylic acids is 2. The standard InChI is InChI=1S/C22H21N3O5/c1-2-13-30-21(26)14-20(24-12-11-16-7-3-4-8-17(16)15-24)22(27)23-18-9-5-6-10-19(18)25(28)29/h1,3-10,20H,11-15H2,(H,23,27). The summed E-state index contributed by atoms with van der Waals surface area (Å²) in [5, 5.41) is 13.9. The number of ether oxygens (including phenoxy) is 1. The summed E-state index contributed by atoms with van der Waals surface area (Å²) in [5.74, 6) is 1.11. The van der Waals surface area contributed by atoms with Crippen molar-refractivity contribution in [3.8, 4) is 12.3 Å². The highest BCUT2D eigenvalue weighted by Gasteiger charge is 2.32. The van der Waals surface area contributed by atoms with E-state index in [1.807, 2.05) is 29.2 Å². The minimum atomic E-state index is -0.858. The van der Waals surface area contributed by atoms with Gasteiger partial charge in [0.25, 0.3) is 5.69 Å². The summed E-state index contributed by atoms with van der Waals surface area (Å²) in [4.78, 5) is 37.9. The number of esters is 1. The fraction of sp³-hybridized carbons (Fsp3) is 0.273. The monoisotopic (exact) mass is 407 g/mol. The molecule has 1 aliphatic rings. The van der Waals surface area contributed by atoms with E-state index in [1.165, 1.54) is 23.8 Å². The van der Waals surface area contributed by atoms with Gasteiger partial charge in [-0.15, -0.1) is 6.42 Å². The molecule has 30 heavy (non-hydrogen) atoms. The van der Waals surface area contributed by atoms with E-state index >= 15 is 0 Å². The van der Waals surface area contributed by atoms with Gasteiger partial charge in [-0.1, -0.05) is 42.3 Å². The normalized spacial score (nSPS) is 14.1. The lowest BCUT2D eigenvalue weighted by atomic mass is 9.97. The van der Waals surface area contributed by atoms with Crippen LogP contribution >= 0.6 is 0 Å². The predicted molar refractivity (Wildman–Crippen MR) is 110 cm³/mol. The molecule has 0 saturated heterocycles. The molecule has 0 aromatic heterocycles. The Hall–Kier alpha value is -3.70. The molecular weight excluding hydrogens is 386 g/mol. The van der Waals surface area contributed by atoms with E-state index < -0.39 is 22.8 Å². The van der Waals surface area contributed by atoms with Crippen molar-refractivity contribution in [2.75, 3.05) is 18.5 Å². The number of nitro benzene ring substituents is 1. The van der Waals surface area contributed by atoms with Crippen molar-refractivity contribution >= 4 is 23.3 Å². The zero-order valence-corrected chi connectivity index (χ0v) is 16.2. The number of anilines is 1. The molecule has 3 rings (SSSR count). The number of amides is 1. The highest BCUT2D eigenvalue weighted by Crippen LogP contribution is 2.26. The third-order valence-electron chi connectivity index (χ3n) is 4.94. The SMILES string of the molecule is C#CCOC(=O)CC(C(=O)Nc1ccccc1[N+](=O)[O-])N1CCc2ccccc2C1. The number of para-hydroxylation sites is 2. The van der Waals surface area contributed by atoms with Crippen molar-refractivity contribution in [3.63, 3.8) is 0 Å². The quantitative estimate of drug-likeness (QED) is 0.328. The highest BCUT2D eigenvalue weighted by atomic mass is 16.6. The molecule has 0 spiro atoms. The number of hydrogen-bond donors (Lipinski definition) is 1. The van der Waals surface area contributed by atoms with Gasteiger partial charge in [-0.25, -0.2) is 0 Å². The number of carbonyl (C=O) groups is 2. The van der Waals surface area contributed by atoms with Gasteiger partial charge in [-0.05, 0) is 23.6 Å². The molecule has 0 saturated carbocycles. The molecule has 1 unspecified atom stereocenters. The molecule has 0 fully saturated rings. The summed E-state index contributed by atoms with van der Waals surface area (Å²) < 4.78 is 4.95. The highest BCUT2D eigenvalue weighted by molar-refractivity contribution is 5.98. The lowest BCUT2D eigenvalue weighted by molar-refractivity contribution is -0.383. The summed E-state index contributed by atoms with van der Waals surface area (Å²) >= 11 is 0. The second-order valence-electron chi connectivity index (χ2n) is 6.84. The zero-order chi connectivity index (χ0) is 21.5. The summed E-state index contributed by atoms with van der Waals surface area (Å²) in [6, 6.07) is 12.9. The predicted octanol–water partition coefficient (Wildman–Crippen LogP) is 2.53. The topological polar surface area (TPSA) is 102 Å².